The van der Waals surface area contributed by atoms with Crippen molar-refractivity contribution < 1.29 is 19.4 Å². The number of hydrogen-bond donors (Lipinski definition) is 2. The maximum atomic E-state index is 11.7. The van der Waals surface area contributed by atoms with Crippen LogP contribution in [0.5, 0.6) is 0 Å². The predicted molar refractivity (Wildman–Crippen MR) is 72.6 cm³/mol. The summed E-state index contributed by atoms with van der Waals surface area (Å²) < 4.78 is 10.6. The molecule has 1 aliphatic carbocycles. The van der Waals surface area contributed by atoms with Crippen LogP contribution >= 0.6 is 0 Å². The van der Waals surface area contributed by atoms with Crippen molar-refractivity contribution in [3.63, 3.8) is 0 Å². The van der Waals surface area contributed by atoms with Gasteiger partial charge in [-0.1, -0.05) is 19.8 Å². The molecular weight excluding hydrogens is 246 g/mol. The summed E-state index contributed by atoms with van der Waals surface area (Å²) in [5.41, 5.74) is 6.34. The first-order valence-corrected chi connectivity index (χ1v) is 7.03. The van der Waals surface area contributed by atoms with E-state index in [4.69, 9.17) is 15.2 Å². The van der Waals surface area contributed by atoms with Gasteiger partial charge in [0, 0.05) is 18.2 Å². The van der Waals surface area contributed by atoms with Gasteiger partial charge in [-0.2, -0.15) is 0 Å². The van der Waals surface area contributed by atoms with Gasteiger partial charge in [0.25, 0.3) is 0 Å². The standard InChI is InChI=1S/C14H25NO4/c1-3-5-6-7-19-12-9-10(14(17)18-4-2)8-11(15)13(12)16/h9,11-13,16H,3-8,15H2,1-2H3/t11-,12-,13+/m1/s1. The molecule has 0 unspecified atom stereocenters. The Morgan fingerprint density at radius 2 is 2.21 bits per heavy atom. The molecular formula is C14H25NO4. The molecule has 1 aliphatic rings. The summed E-state index contributed by atoms with van der Waals surface area (Å²) in [6, 6.07) is -0.486. The maximum absolute atomic E-state index is 11.7. The fraction of sp³-hybridized carbons (Fsp3) is 0.786. The van der Waals surface area contributed by atoms with Crippen LogP contribution in [0.25, 0.3) is 0 Å². The molecule has 0 aromatic rings. The van der Waals surface area contributed by atoms with E-state index < -0.39 is 18.2 Å². The van der Waals surface area contributed by atoms with Gasteiger partial charge in [0.05, 0.1) is 12.7 Å². The molecule has 0 aliphatic heterocycles. The van der Waals surface area contributed by atoms with Crippen LogP contribution in [0.2, 0.25) is 0 Å². The summed E-state index contributed by atoms with van der Waals surface area (Å²) in [7, 11) is 0. The van der Waals surface area contributed by atoms with Crippen LogP contribution < -0.4 is 5.73 Å². The fourth-order valence-corrected chi connectivity index (χ4v) is 2.08. The van der Waals surface area contributed by atoms with Crippen molar-refractivity contribution in [3.8, 4) is 0 Å². The minimum atomic E-state index is -0.764. The molecule has 0 saturated carbocycles. The lowest BCUT2D eigenvalue weighted by Crippen LogP contribution is -2.47. The van der Waals surface area contributed by atoms with Crippen LogP contribution in [-0.2, 0) is 14.3 Å². The quantitative estimate of drug-likeness (QED) is 0.536. The third-order valence-corrected chi connectivity index (χ3v) is 3.19. The van der Waals surface area contributed by atoms with Gasteiger partial charge in [-0.15, -0.1) is 0 Å². The highest BCUT2D eigenvalue weighted by molar-refractivity contribution is 5.88. The second-order valence-electron chi connectivity index (χ2n) is 4.81. The van der Waals surface area contributed by atoms with E-state index >= 15 is 0 Å². The van der Waals surface area contributed by atoms with Gasteiger partial charge in [-0.05, 0) is 25.8 Å². The Hall–Kier alpha value is -0.910. The Labute approximate surface area is 114 Å². The average Bonchev–Trinajstić information content (AvgIpc) is 2.39. The van der Waals surface area contributed by atoms with E-state index in [1.807, 2.05) is 0 Å². The molecule has 3 atom stereocenters. The van der Waals surface area contributed by atoms with Crippen molar-refractivity contribution >= 4 is 5.97 Å². The molecule has 0 amide bonds. The Balaban J connectivity index is 2.59. The van der Waals surface area contributed by atoms with Crippen LogP contribution in [0.1, 0.15) is 39.5 Å². The lowest BCUT2D eigenvalue weighted by molar-refractivity contribution is -0.139. The molecule has 0 spiro atoms. The molecule has 5 heteroatoms. The van der Waals surface area contributed by atoms with Gasteiger partial charge < -0.3 is 20.3 Å². The molecule has 0 heterocycles. The zero-order valence-corrected chi connectivity index (χ0v) is 11.8. The minimum Gasteiger partial charge on any atom is -0.463 e. The highest BCUT2D eigenvalue weighted by Gasteiger charge is 2.32. The van der Waals surface area contributed by atoms with Crippen molar-refractivity contribution in [3.05, 3.63) is 11.6 Å². The number of unbranched alkanes of at least 4 members (excludes halogenated alkanes) is 2. The maximum Gasteiger partial charge on any atom is 0.333 e. The van der Waals surface area contributed by atoms with Crippen LogP contribution in [0.15, 0.2) is 11.6 Å². The van der Waals surface area contributed by atoms with Gasteiger partial charge in [-0.25, -0.2) is 4.79 Å². The lowest BCUT2D eigenvalue weighted by Gasteiger charge is -2.30. The second kappa shape index (κ2) is 8.30. The number of ether oxygens (including phenoxy) is 2. The number of rotatable bonds is 7. The molecule has 19 heavy (non-hydrogen) atoms. The topological polar surface area (TPSA) is 81.8 Å². The molecule has 0 saturated heterocycles. The molecule has 5 nitrogen and oxygen atoms in total. The van der Waals surface area contributed by atoms with E-state index in [0.717, 1.165) is 19.3 Å². The molecule has 0 aromatic heterocycles. The molecule has 0 bridgehead atoms. The summed E-state index contributed by atoms with van der Waals surface area (Å²) in [4.78, 5) is 11.7. The molecule has 1 rings (SSSR count). The van der Waals surface area contributed by atoms with Crippen LogP contribution in [0.3, 0.4) is 0 Å². The first-order valence-electron chi connectivity index (χ1n) is 7.03. The third kappa shape index (κ3) is 4.93. The SMILES string of the molecule is CCCCCO[C@@H]1C=C(C(=O)OCC)C[C@@H](N)[C@@H]1O. The largest absolute Gasteiger partial charge is 0.463 e. The van der Waals surface area contributed by atoms with Gasteiger partial charge >= 0.3 is 5.97 Å². The zero-order valence-electron chi connectivity index (χ0n) is 11.8. The van der Waals surface area contributed by atoms with Gasteiger partial charge in [0.1, 0.15) is 6.10 Å². The van der Waals surface area contributed by atoms with E-state index in [0.29, 0.717) is 25.2 Å². The summed E-state index contributed by atoms with van der Waals surface area (Å²) in [5, 5.41) is 9.98. The monoisotopic (exact) mass is 271 g/mol. The molecule has 0 radical (unpaired) electrons. The number of carbonyl (C=O) groups is 1. The van der Waals surface area contributed by atoms with Crippen molar-refractivity contribution in [2.45, 2.75) is 57.8 Å². The normalized spacial score (nSPS) is 26.9. The second-order valence-corrected chi connectivity index (χ2v) is 4.81. The van der Waals surface area contributed by atoms with E-state index in [-0.39, 0.29) is 5.97 Å². The Morgan fingerprint density at radius 3 is 2.84 bits per heavy atom. The van der Waals surface area contributed by atoms with Gasteiger partial charge in [0.15, 0.2) is 0 Å². The molecule has 110 valence electrons. The van der Waals surface area contributed by atoms with Crippen LogP contribution in [0.4, 0.5) is 0 Å². The van der Waals surface area contributed by atoms with E-state index in [1.165, 1.54) is 0 Å². The Kier molecular flexibility index (Phi) is 7.05. The van der Waals surface area contributed by atoms with E-state index in [9.17, 15) is 9.90 Å². The third-order valence-electron chi connectivity index (χ3n) is 3.19. The zero-order chi connectivity index (χ0) is 14.3. The minimum absolute atomic E-state index is 0.328. The van der Waals surface area contributed by atoms with E-state index in [2.05, 4.69) is 6.92 Å². The van der Waals surface area contributed by atoms with Crippen molar-refractivity contribution in [1.82, 2.24) is 0 Å². The first-order chi connectivity index (χ1) is 9.10. The smallest absolute Gasteiger partial charge is 0.333 e. The number of nitrogens with two attached hydrogens (primary N) is 1. The van der Waals surface area contributed by atoms with Crippen LogP contribution in [0, 0.1) is 0 Å². The number of aliphatic hydroxyl groups excluding tert-OH is 1. The average molecular weight is 271 g/mol. The first kappa shape index (κ1) is 16.1. The highest BCUT2D eigenvalue weighted by Crippen LogP contribution is 2.21. The number of carbonyl (C=O) groups excluding carboxylic acids is 1. The Morgan fingerprint density at radius 1 is 1.47 bits per heavy atom. The summed E-state index contributed by atoms with van der Waals surface area (Å²) >= 11 is 0. The molecule has 0 aromatic carbocycles. The number of hydrogen-bond acceptors (Lipinski definition) is 5. The van der Waals surface area contributed by atoms with Crippen molar-refractivity contribution in [1.29, 1.82) is 0 Å². The summed E-state index contributed by atoms with van der Waals surface area (Å²) in [6.07, 6.45) is 3.84. The number of esters is 1. The molecule has 0 fully saturated rings. The molecule has 3 N–H and O–H groups in total. The van der Waals surface area contributed by atoms with Crippen molar-refractivity contribution in [2.75, 3.05) is 13.2 Å². The number of aliphatic hydroxyl groups is 1. The van der Waals surface area contributed by atoms with E-state index in [1.54, 1.807) is 13.0 Å². The van der Waals surface area contributed by atoms with Crippen LogP contribution in [-0.4, -0.2) is 42.5 Å². The summed E-state index contributed by atoms with van der Waals surface area (Å²) in [6.45, 7) is 4.77. The van der Waals surface area contributed by atoms with Gasteiger partial charge in [-0.3, -0.25) is 0 Å². The predicted octanol–water partition coefficient (Wildman–Crippen LogP) is 1.14. The highest BCUT2D eigenvalue weighted by atomic mass is 16.5. The fourth-order valence-electron chi connectivity index (χ4n) is 2.08. The van der Waals surface area contributed by atoms with Gasteiger partial charge in [0.2, 0.25) is 0 Å². The summed E-state index contributed by atoms with van der Waals surface area (Å²) in [5.74, 6) is -0.369. The lowest BCUT2D eigenvalue weighted by atomic mass is 9.90. The van der Waals surface area contributed by atoms with Crippen molar-refractivity contribution in [2.24, 2.45) is 5.73 Å². The Bertz CT molecular complexity index is 317.